The number of nitrogens with one attached hydrogen (secondary N) is 1. The summed E-state index contributed by atoms with van der Waals surface area (Å²) in [6, 6.07) is 5.01. The van der Waals surface area contributed by atoms with Crippen molar-refractivity contribution >= 4 is 15.7 Å². The zero-order valence-electron chi connectivity index (χ0n) is 14.1. The van der Waals surface area contributed by atoms with Crippen molar-refractivity contribution in [1.29, 1.82) is 0 Å². The molecule has 6 nitrogen and oxygen atoms in total. The SMILES string of the molecule is C=C/C=C(\C=C)S(=O)(=O)Nc1ccc(-c2cncnc2C)c(OC)c1. The number of nitrogens with zero attached hydrogens (tertiary/aromatic N) is 2. The van der Waals surface area contributed by atoms with E-state index in [0.29, 0.717) is 11.4 Å². The molecule has 1 N–H and O–H groups in total. The van der Waals surface area contributed by atoms with E-state index < -0.39 is 10.0 Å². The summed E-state index contributed by atoms with van der Waals surface area (Å²) in [5.41, 5.74) is 2.75. The molecule has 1 heterocycles. The summed E-state index contributed by atoms with van der Waals surface area (Å²) in [4.78, 5) is 8.21. The van der Waals surface area contributed by atoms with E-state index in [1.807, 2.05) is 6.92 Å². The summed E-state index contributed by atoms with van der Waals surface area (Å²) in [6.45, 7) is 8.88. The summed E-state index contributed by atoms with van der Waals surface area (Å²) < 4.78 is 32.6. The molecule has 0 aliphatic rings. The van der Waals surface area contributed by atoms with E-state index in [1.165, 1.54) is 31.7 Å². The first kappa shape index (κ1) is 18.4. The average molecular weight is 357 g/mol. The van der Waals surface area contributed by atoms with E-state index in [-0.39, 0.29) is 4.91 Å². The zero-order valence-corrected chi connectivity index (χ0v) is 14.9. The Hall–Kier alpha value is -2.93. The van der Waals surface area contributed by atoms with Crippen LogP contribution in [0.4, 0.5) is 5.69 Å². The van der Waals surface area contributed by atoms with Crippen molar-refractivity contribution in [2.45, 2.75) is 6.92 Å². The van der Waals surface area contributed by atoms with Crippen molar-refractivity contribution in [3.05, 3.63) is 72.7 Å². The lowest BCUT2D eigenvalue weighted by Gasteiger charge is -2.13. The van der Waals surface area contributed by atoms with Gasteiger partial charge in [0.15, 0.2) is 0 Å². The topological polar surface area (TPSA) is 81.2 Å². The maximum atomic E-state index is 12.4. The number of hydrogen-bond donors (Lipinski definition) is 1. The van der Waals surface area contributed by atoms with Gasteiger partial charge in [-0.05, 0) is 31.2 Å². The molecule has 0 saturated carbocycles. The van der Waals surface area contributed by atoms with Crippen LogP contribution in [0, 0.1) is 6.92 Å². The number of ether oxygens (including phenoxy) is 1. The van der Waals surface area contributed by atoms with Gasteiger partial charge in [0, 0.05) is 29.1 Å². The summed E-state index contributed by atoms with van der Waals surface area (Å²) in [6.07, 6.45) is 7.16. The molecule has 2 rings (SSSR count). The van der Waals surface area contributed by atoms with Crippen molar-refractivity contribution in [3.8, 4) is 16.9 Å². The van der Waals surface area contributed by atoms with Crippen LogP contribution in [0.5, 0.6) is 5.75 Å². The second-order valence-electron chi connectivity index (χ2n) is 5.05. The Morgan fingerprint density at radius 2 is 2.04 bits per heavy atom. The van der Waals surface area contributed by atoms with Crippen LogP contribution >= 0.6 is 0 Å². The number of methoxy groups -OCH3 is 1. The summed E-state index contributed by atoms with van der Waals surface area (Å²) in [5, 5.41) is 0. The third kappa shape index (κ3) is 4.13. The van der Waals surface area contributed by atoms with Crippen molar-refractivity contribution in [1.82, 2.24) is 9.97 Å². The van der Waals surface area contributed by atoms with Crippen molar-refractivity contribution < 1.29 is 13.2 Å². The molecular formula is C18H19N3O3S. The molecule has 1 aromatic heterocycles. The Labute approximate surface area is 147 Å². The van der Waals surface area contributed by atoms with E-state index in [4.69, 9.17) is 4.74 Å². The van der Waals surface area contributed by atoms with Crippen LogP contribution in [0.15, 0.2) is 67.0 Å². The van der Waals surface area contributed by atoms with Crippen molar-refractivity contribution in [2.24, 2.45) is 0 Å². The number of sulfonamides is 1. The van der Waals surface area contributed by atoms with E-state index in [2.05, 4.69) is 27.8 Å². The molecule has 0 aliphatic heterocycles. The number of rotatable bonds is 7. The minimum atomic E-state index is -3.76. The van der Waals surface area contributed by atoms with Crippen LogP contribution in [0.1, 0.15) is 5.69 Å². The predicted molar refractivity (Wildman–Crippen MR) is 99.8 cm³/mol. The molecule has 1 aromatic carbocycles. The highest BCUT2D eigenvalue weighted by Crippen LogP contribution is 2.33. The fourth-order valence-corrected chi connectivity index (χ4v) is 3.28. The Morgan fingerprint density at radius 1 is 1.28 bits per heavy atom. The van der Waals surface area contributed by atoms with Gasteiger partial charge >= 0.3 is 0 Å². The monoisotopic (exact) mass is 357 g/mol. The molecular weight excluding hydrogens is 338 g/mol. The Balaban J connectivity index is 2.43. The maximum Gasteiger partial charge on any atom is 0.261 e. The third-order valence-corrected chi connectivity index (χ3v) is 4.88. The van der Waals surface area contributed by atoms with Gasteiger partial charge in [0.25, 0.3) is 10.0 Å². The van der Waals surface area contributed by atoms with Gasteiger partial charge in [-0.2, -0.15) is 0 Å². The number of anilines is 1. The molecule has 0 radical (unpaired) electrons. The van der Waals surface area contributed by atoms with E-state index >= 15 is 0 Å². The summed E-state index contributed by atoms with van der Waals surface area (Å²) in [5.74, 6) is 0.506. The first-order valence-corrected chi connectivity index (χ1v) is 8.84. The molecule has 0 bridgehead atoms. The quantitative estimate of drug-likeness (QED) is 0.768. The third-order valence-electron chi connectivity index (χ3n) is 3.45. The highest BCUT2D eigenvalue weighted by Gasteiger charge is 2.16. The van der Waals surface area contributed by atoms with Gasteiger partial charge in [-0.15, -0.1) is 0 Å². The molecule has 7 heteroatoms. The van der Waals surface area contributed by atoms with Gasteiger partial charge in [-0.3, -0.25) is 4.72 Å². The van der Waals surface area contributed by atoms with Crippen molar-refractivity contribution in [3.63, 3.8) is 0 Å². The first-order valence-electron chi connectivity index (χ1n) is 7.36. The van der Waals surface area contributed by atoms with Gasteiger partial charge in [0.2, 0.25) is 0 Å². The average Bonchev–Trinajstić information content (AvgIpc) is 2.59. The van der Waals surface area contributed by atoms with Gasteiger partial charge in [-0.1, -0.05) is 19.2 Å². The number of aryl methyl sites for hydroxylation is 1. The molecule has 0 aliphatic carbocycles. The highest BCUT2D eigenvalue weighted by atomic mass is 32.2. The molecule has 0 atom stereocenters. The lowest BCUT2D eigenvalue weighted by Crippen LogP contribution is -2.14. The zero-order chi connectivity index (χ0) is 18.4. The summed E-state index contributed by atoms with van der Waals surface area (Å²) in [7, 11) is -2.24. The predicted octanol–water partition coefficient (Wildman–Crippen LogP) is 3.46. The lowest BCUT2D eigenvalue weighted by atomic mass is 10.0. The van der Waals surface area contributed by atoms with Crippen LogP contribution in [-0.2, 0) is 10.0 Å². The molecule has 0 spiro atoms. The molecule has 25 heavy (non-hydrogen) atoms. The van der Waals surface area contributed by atoms with Gasteiger partial charge in [0.05, 0.1) is 17.7 Å². The van der Waals surface area contributed by atoms with Gasteiger partial charge in [0.1, 0.15) is 12.1 Å². The molecule has 130 valence electrons. The number of hydrogen-bond acceptors (Lipinski definition) is 5. The normalized spacial score (nSPS) is 11.7. The minimum absolute atomic E-state index is 0.0258. The van der Waals surface area contributed by atoms with Crippen molar-refractivity contribution in [2.75, 3.05) is 11.8 Å². The molecule has 0 unspecified atom stereocenters. The largest absolute Gasteiger partial charge is 0.496 e. The number of allylic oxidation sites excluding steroid dienone is 3. The Morgan fingerprint density at radius 3 is 2.64 bits per heavy atom. The van der Waals surface area contributed by atoms with E-state index in [0.717, 1.165) is 16.8 Å². The molecule has 0 amide bonds. The van der Waals surface area contributed by atoms with Crippen LogP contribution in [0.3, 0.4) is 0 Å². The maximum absolute atomic E-state index is 12.4. The second-order valence-corrected chi connectivity index (χ2v) is 6.73. The molecule has 0 fully saturated rings. The lowest BCUT2D eigenvalue weighted by molar-refractivity contribution is 0.416. The number of benzene rings is 1. The Kier molecular flexibility index (Phi) is 5.71. The highest BCUT2D eigenvalue weighted by molar-refractivity contribution is 7.96. The standard InChI is InChI=1S/C18H19N3O3S/c1-5-7-15(6-2)25(22,23)21-14-8-9-16(18(10-14)24-4)17-11-19-12-20-13(17)3/h5-12,21H,1-2H2,3-4H3/b15-7+. The van der Waals surface area contributed by atoms with Gasteiger partial charge < -0.3 is 4.74 Å². The fourth-order valence-electron chi connectivity index (χ4n) is 2.23. The first-order chi connectivity index (χ1) is 11.9. The van der Waals surface area contributed by atoms with E-state index in [9.17, 15) is 8.42 Å². The molecule has 2 aromatic rings. The van der Waals surface area contributed by atoms with Gasteiger partial charge in [-0.25, -0.2) is 18.4 Å². The second kappa shape index (κ2) is 7.76. The summed E-state index contributed by atoms with van der Waals surface area (Å²) >= 11 is 0. The van der Waals surface area contributed by atoms with Crippen LogP contribution < -0.4 is 9.46 Å². The minimum Gasteiger partial charge on any atom is -0.496 e. The number of aromatic nitrogens is 2. The Bertz CT molecular complexity index is 934. The van der Waals surface area contributed by atoms with Crippen LogP contribution in [-0.4, -0.2) is 25.5 Å². The van der Waals surface area contributed by atoms with Crippen LogP contribution in [0.2, 0.25) is 0 Å². The van der Waals surface area contributed by atoms with E-state index in [1.54, 1.807) is 24.4 Å². The fraction of sp³-hybridized carbons (Fsp3) is 0.111. The molecule has 0 saturated heterocycles. The smallest absolute Gasteiger partial charge is 0.261 e. The van der Waals surface area contributed by atoms with Crippen LogP contribution in [0.25, 0.3) is 11.1 Å².